The number of amides is 4. The van der Waals surface area contributed by atoms with E-state index in [4.69, 9.17) is 28.4 Å². The summed E-state index contributed by atoms with van der Waals surface area (Å²) in [6.45, 7) is 19.1. The van der Waals surface area contributed by atoms with Crippen molar-refractivity contribution in [1.82, 2.24) is 39.2 Å². The second-order valence-electron chi connectivity index (χ2n) is 24.3. The quantitative estimate of drug-likeness (QED) is 0.0682. The summed E-state index contributed by atoms with van der Waals surface area (Å²) in [6.07, 6.45) is -2.75. The Kier molecular flexibility index (Phi) is 26.1. The third kappa shape index (κ3) is 19.3. The minimum atomic E-state index is -1.55. The molecule has 5 rings (SSSR count). The molecule has 0 radical (unpaired) electrons. The monoisotopic (exact) mass is 1200 g/mol. The van der Waals surface area contributed by atoms with Gasteiger partial charge in [-0.25, -0.2) is 19.2 Å². The standard InChI is InChI=1S/C64H92N8O14/c1-39(2)29-51-61(77)83-43(9)57(73)67(11)54(32-42(7)8)64(80)86-56(34-46-19-23-48(24-20-46)36-72-50(38-82-16)26-28-66-72)60(76)70(14)52(30-40(3)4)62(78)84-44(10)58(74)68(12)53(31-41(5)6)63(79)85-55(59(75)69(51)13)33-45-17-21-47(22-18-45)35-71-49(37-81-15)25-27-65-71/h17-28,39-44,51-56H,29-38H2,1-16H3/t43-,44-,51+,52+,53+,54+,55-,56-/m1/s1. The van der Waals surface area contributed by atoms with Crippen LogP contribution in [0.25, 0.3) is 0 Å². The number of ether oxygens (including phenoxy) is 6. The fourth-order valence-electron chi connectivity index (χ4n) is 10.4. The van der Waals surface area contributed by atoms with Crippen LogP contribution >= 0.6 is 0 Å². The molecule has 2 aromatic heterocycles. The number of nitrogens with zero attached hydrogens (tertiary/aromatic N) is 8. The molecule has 8 atom stereocenters. The highest BCUT2D eigenvalue weighted by Crippen LogP contribution is 2.25. The molecule has 1 saturated heterocycles. The highest BCUT2D eigenvalue weighted by Gasteiger charge is 2.43. The van der Waals surface area contributed by atoms with Crippen molar-refractivity contribution in [1.29, 1.82) is 0 Å². The SMILES string of the molecule is COCc1ccnn1Cc1ccc(C[C@H]2OC(=O)[C@H](CC(C)C)N(C)C(=O)[C@@H](C)OC(=O)[C@H](CC(C)C)N(C)C(=O)[C@@H](Cc3ccc(Cn4nccc4COC)cc3)OC(=O)[C@H](CC(C)C)N(C)C(=O)[C@@H](C)OC(=O)[C@H](CC(C)C)N(C)C2=O)cc1. The first kappa shape index (κ1) is 69.3. The molecule has 1 aliphatic heterocycles. The van der Waals surface area contributed by atoms with Gasteiger partial charge in [0, 0.05) is 67.6 Å². The Morgan fingerprint density at radius 3 is 0.953 bits per heavy atom. The lowest BCUT2D eigenvalue weighted by Gasteiger charge is -2.35. The lowest BCUT2D eigenvalue weighted by molar-refractivity contribution is -0.176. The van der Waals surface area contributed by atoms with Crippen LogP contribution in [0.2, 0.25) is 0 Å². The summed E-state index contributed by atoms with van der Waals surface area (Å²) in [7, 11) is 8.76. The molecular formula is C64H92N8O14. The topological polar surface area (TPSA) is 241 Å². The van der Waals surface area contributed by atoms with Crippen molar-refractivity contribution in [3.63, 3.8) is 0 Å². The zero-order valence-electron chi connectivity index (χ0n) is 53.2. The van der Waals surface area contributed by atoms with E-state index in [2.05, 4.69) is 10.2 Å². The van der Waals surface area contributed by atoms with Gasteiger partial charge in [0.05, 0.1) is 37.7 Å². The van der Waals surface area contributed by atoms with Gasteiger partial charge in [0.1, 0.15) is 24.2 Å². The predicted molar refractivity (Wildman–Crippen MR) is 319 cm³/mol. The van der Waals surface area contributed by atoms with Gasteiger partial charge in [-0.2, -0.15) is 10.2 Å². The van der Waals surface area contributed by atoms with Gasteiger partial charge in [-0.1, -0.05) is 104 Å². The Bertz CT molecular complexity index is 2690. The number of methoxy groups -OCH3 is 2. The number of aromatic nitrogens is 4. The summed E-state index contributed by atoms with van der Waals surface area (Å²) in [4.78, 5) is 123. The van der Waals surface area contributed by atoms with Gasteiger partial charge in [0.2, 0.25) is 0 Å². The second kappa shape index (κ2) is 32.3. The molecule has 0 bridgehead atoms. The van der Waals surface area contributed by atoms with E-state index in [9.17, 15) is 28.8 Å². The van der Waals surface area contributed by atoms with Gasteiger partial charge in [0.15, 0.2) is 24.4 Å². The van der Waals surface area contributed by atoms with Crippen LogP contribution in [-0.2, 0) is 106 Å². The van der Waals surface area contributed by atoms with Crippen molar-refractivity contribution in [2.45, 2.75) is 183 Å². The molecule has 0 N–H and O–H groups in total. The van der Waals surface area contributed by atoms with Crippen LogP contribution in [-0.4, -0.2) is 178 Å². The normalized spacial score (nSPS) is 22.5. The van der Waals surface area contributed by atoms with Crippen molar-refractivity contribution in [3.05, 3.63) is 107 Å². The smallest absolute Gasteiger partial charge is 0.329 e. The molecule has 0 aliphatic carbocycles. The fourth-order valence-corrected chi connectivity index (χ4v) is 10.4. The first-order chi connectivity index (χ1) is 40.6. The Morgan fingerprint density at radius 2 is 0.674 bits per heavy atom. The molecule has 0 spiro atoms. The molecule has 472 valence electrons. The number of cyclic esters (lactones) is 4. The number of carbonyl (C=O) groups is 8. The predicted octanol–water partition coefficient (Wildman–Crippen LogP) is 6.45. The van der Waals surface area contributed by atoms with Crippen LogP contribution in [0.4, 0.5) is 0 Å². The van der Waals surface area contributed by atoms with Crippen molar-refractivity contribution in [2.75, 3.05) is 42.4 Å². The lowest BCUT2D eigenvalue weighted by atomic mass is 9.99. The Labute approximate surface area is 507 Å². The summed E-state index contributed by atoms with van der Waals surface area (Å²) >= 11 is 0. The van der Waals surface area contributed by atoms with Crippen molar-refractivity contribution >= 4 is 47.5 Å². The van der Waals surface area contributed by atoms with Crippen LogP contribution in [0.5, 0.6) is 0 Å². The number of carbonyl (C=O) groups excluding carboxylic acids is 8. The molecule has 4 amide bonds. The number of hydrogen-bond donors (Lipinski definition) is 0. The third-order valence-electron chi connectivity index (χ3n) is 15.2. The van der Waals surface area contributed by atoms with Crippen LogP contribution in [0.15, 0.2) is 73.1 Å². The van der Waals surface area contributed by atoms with Crippen molar-refractivity contribution in [3.8, 4) is 0 Å². The largest absolute Gasteiger partial charge is 0.451 e. The molecule has 2 aromatic carbocycles. The Morgan fingerprint density at radius 1 is 0.407 bits per heavy atom. The molecule has 22 nitrogen and oxygen atoms in total. The Hall–Kier alpha value is -7.46. The summed E-state index contributed by atoms with van der Waals surface area (Å²) < 4.78 is 38.6. The van der Waals surface area contributed by atoms with E-state index < -0.39 is 96.1 Å². The van der Waals surface area contributed by atoms with Crippen LogP contribution in [0, 0.1) is 23.7 Å². The second-order valence-corrected chi connectivity index (χ2v) is 24.3. The van der Waals surface area contributed by atoms with Crippen LogP contribution < -0.4 is 0 Å². The van der Waals surface area contributed by atoms with E-state index in [1.54, 1.807) is 60.2 Å². The summed E-state index contributed by atoms with van der Waals surface area (Å²) in [5, 5.41) is 8.84. The number of esters is 4. The van der Waals surface area contributed by atoms with Crippen molar-refractivity contribution < 1.29 is 66.8 Å². The zero-order chi connectivity index (χ0) is 63.7. The van der Waals surface area contributed by atoms with Gasteiger partial charge in [-0.15, -0.1) is 0 Å². The molecule has 4 aromatic rings. The number of rotatable bonds is 20. The highest BCUT2D eigenvalue weighted by molar-refractivity contribution is 5.94. The van der Waals surface area contributed by atoms with Gasteiger partial charge in [-0.3, -0.25) is 28.5 Å². The summed E-state index contributed by atoms with van der Waals surface area (Å²) in [5.41, 5.74) is 4.70. The van der Waals surface area contributed by atoms with Gasteiger partial charge >= 0.3 is 23.9 Å². The van der Waals surface area contributed by atoms with E-state index >= 15 is 9.59 Å². The van der Waals surface area contributed by atoms with E-state index in [-0.39, 0.29) is 62.2 Å². The lowest BCUT2D eigenvalue weighted by Crippen LogP contribution is -2.55. The molecular weight excluding hydrogens is 1100 g/mol. The number of benzene rings is 2. The highest BCUT2D eigenvalue weighted by atomic mass is 16.6. The molecule has 3 heterocycles. The first-order valence-corrected chi connectivity index (χ1v) is 29.7. The minimum absolute atomic E-state index is 0.0715. The van der Waals surface area contributed by atoms with Gasteiger partial charge in [-0.05, 0) is 97.6 Å². The molecule has 22 heteroatoms. The van der Waals surface area contributed by atoms with E-state index in [0.29, 0.717) is 37.4 Å². The van der Waals surface area contributed by atoms with E-state index in [1.165, 1.54) is 42.0 Å². The minimum Gasteiger partial charge on any atom is -0.451 e. The van der Waals surface area contributed by atoms with Crippen LogP contribution in [0.1, 0.15) is 129 Å². The first-order valence-electron chi connectivity index (χ1n) is 29.7. The third-order valence-corrected chi connectivity index (χ3v) is 15.2. The van der Waals surface area contributed by atoms with E-state index in [1.807, 2.05) is 91.8 Å². The summed E-state index contributed by atoms with van der Waals surface area (Å²) in [6, 6.07) is 13.2. The maximum atomic E-state index is 15.1. The average Bonchev–Trinajstić information content (AvgIpc) is 3.06. The maximum Gasteiger partial charge on any atom is 0.329 e. The van der Waals surface area contributed by atoms with Crippen molar-refractivity contribution in [2.24, 2.45) is 23.7 Å². The summed E-state index contributed by atoms with van der Waals surface area (Å²) in [5.74, 6) is -7.56. The molecule has 1 aliphatic rings. The van der Waals surface area contributed by atoms with Crippen LogP contribution in [0.3, 0.4) is 0 Å². The average molecular weight is 1200 g/mol. The maximum absolute atomic E-state index is 15.1. The van der Waals surface area contributed by atoms with Gasteiger partial charge < -0.3 is 48.0 Å². The number of hydrogen-bond acceptors (Lipinski definition) is 16. The molecule has 0 unspecified atom stereocenters. The number of likely N-dealkylation sites (N-methyl/N-ethyl adjacent to an activating group) is 4. The molecule has 0 saturated carbocycles. The fraction of sp³-hybridized carbons (Fsp3) is 0.594. The van der Waals surface area contributed by atoms with E-state index in [0.717, 1.165) is 42.1 Å². The Balaban J connectivity index is 1.58. The molecule has 1 fully saturated rings. The molecule has 86 heavy (non-hydrogen) atoms. The zero-order valence-corrected chi connectivity index (χ0v) is 53.2. The van der Waals surface area contributed by atoms with Gasteiger partial charge in [0.25, 0.3) is 23.6 Å².